The lowest BCUT2D eigenvalue weighted by Gasteiger charge is -2.51. The van der Waals surface area contributed by atoms with Gasteiger partial charge in [-0.2, -0.15) is 0 Å². The van der Waals surface area contributed by atoms with Crippen molar-refractivity contribution in [2.75, 3.05) is 0 Å². The fourth-order valence-corrected chi connectivity index (χ4v) is 4.36. The van der Waals surface area contributed by atoms with Crippen molar-refractivity contribution in [3.05, 3.63) is 12.2 Å². The molecule has 0 aromatic rings. The van der Waals surface area contributed by atoms with Gasteiger partial charge in [0.25, 0.3) is 0 Å². The lowest BCUT2D eigenvalue weighted by molar-refractivity contribution is -0.157. The van der Waals surface area contributed by atoms with Gasteiger partial charge in [0.15, 0.2) is 0 Å². The molecule has 3 nitrogen and oxygen atoms in total. The van der Waals surface area contributed by atoms with Gasteiger partial charge in [-0.3, -0.25) is 4.79 Å². The highest BCUT2D eigenvalue weighted by atomic mass is 16.6. The second kappa shape index (κ2) is 3.69. The van der Waals surface area contributed by atoms with Crippen LogP contribution in [-0.4, -0.2) is 17.9 Å². The molecule has 1 heterocycles. The van der Waals surface area contributed by atoms with Crippen molar-refractivity contribution in [3.63, 3.8) is 0 Å². The van der Waals surface area contributed by atoms with Crippen LogP contribution in [0.1, 0.15) is 39.5 Å². The summed E-state index contributed by atoms with van der Waals surface area (Å²) < 4.78 is 5.54. The van der Waals surface area contributed by atoms with Gasteiger partial charge in [-0.05, 0) is 24.7 Å². The molecule has 3 fully saturated rings. The summed E-state index contributed by atoms with van der Waals surface area (Å²) in [6.45, 7) is 8.12. The summed E-state index contributed by atoms with van der Waals surface area (Å²) in [5.41, 5.74) is 0.770. The van der Waals surface area contributed by atoms with E-state index in [1.54, 1.807) is 0 Å². The van der Waals surface area contributed by atoms with Gasteiger partial charge in [-0.1, -0.05) is 20.4 Å². The standard InChI is InChI=1S/C15H20O3/c1-8-10-4-6-15(3)7-5-11(16)9(2)12(15)13(10)18-14(8)17/h9-10,12-13H,1,4-7H2,2-3H3/t9-,10-,12+,13-,15-/m0/s1. The SMILES string of the molecule is C=C1C(=O)O[C@@H]2[C@H]3[C@@H](C)C(=O)CC[C@]3(C)CC[C@@H]12. The monoisotopic (exact) mass is 248 g/mol. The summed E-state index contributed by atoms with van der Waals surface area (Å²) in [4.78, 5) is 23.7. The third kappa shape index (κ3) is 1.42. The van der Waals surface area contributed by atoms with Gasteiger partial charge in [-0.15, -0.1) is 0 Å². The highest BCUT2D eigenvalue weighted by molar-refractivity contribution is 5.91. The second-order valence-corrected chi connectivity index (χ2v) is 6.48. The predicted octanol–water partition coefficient (Wildman–Crippen LogP) is 2.50. The third-order valence-corrected chi connectivity index (χ3v) is 5.52. The summed E-state index contributed by atoms with van der Waals surface area (Å²) >= 11 is 0. The van der Waals surface area contributed by atoms with E-state index < -0.39 is 0 Å². The Kier molecular flexibility index (Phi) is 2.45. The molecule has 0 radical (unpaired) electrons. The molecule has 3 heteroatoms. The molecule has 2 saturated carbocycles. The number of hydrogen-bond donors (Lipinski definition) is 0. The number of esters is 1. The maximum atomic E-state index is 12.0. The van der Waals surface area contributed by atoms with Crippen LogP contribution in [0.2, 0.25) is 0 Å². The fraction of sp³-hybridized carbons (Fsp3) is 0.733. The van der Waals surface area contributed by atoms with Gasteiger partial charge < -0.3 is 4.74 Å². The van der Waals surface area contributed by atoms with E-state index >= 15 is 0 Å². The molecule has 0 N–H and O–H groups in total. The molecule has 0 aromatic carbocycles. The number of ether oxygens (including phenoxy) is 1. The van der Waals surface area contributed by atoms with Crippen LogP contribution in [0.15, 0.2) is 12.2 Å². The minimum atomic E-state index is -0.250. The van der Waals surface area contributed by atoms with Crippen LogP contribution in [0.25, 0.3) is 0 Å². The van der Waals surface area contributed by atoms with E-state index in [9.17, 15) is 9.59 Å². The van der Waals surface area contributed by atoms with Crippen LogP contribution in [0.4, 0.5) is 0 Å². The van der Waals surface area contributed by atoms with E-state index in [1.165, 1.54) is 0 Å². The minimum absolute atomic E-state index is 0.00949. The average Bonchev–Trinajstić information content (AvgIpc) is 2.60. The topological polar surface area (TPSA) is 43.4 Å². The van der Waals surface area contributed by atoms with Crippen molar-refractivity contribution >= 4 is 11.8 Å². The zero-order chi connectivity index (χ0) is 13.1. The van der Waals surface area contributed by atoms with Crippen LogP contribution >= 0.6 is 0 Å². The van der Waals surface area contributed by atoms with E-state index in [-0.39, 0.29) is 35.2 Å². The zero-order valence-corrected chi connectivity index (χ0v) is 11.1. The Morgan fingerprint density at radius 2 is 2.06 bits per heavy atom. The highest BCUT2D eigenvalue weighted by Gasteiger charge is 2.57. The molecule has 18 heavy (non-hydrogen) atoms. The van der Waals surface area contributed by atoms with Crippen LogP contribution in [-0.2, 0) is 14.3 Å². The Balaban J connectivity index is 1.98. The van der Waals surface area contributed by atoms with Gasteiger partial charge in [0.1, 0.15) is 11.9 Å². The van der Waals surface area contributed by atoms with Crippen LogP contribution in [0, 0.1) is 23.2 Å². The maximum absolute atomic E-state index is 12.0. The normalized spacial score (nSPS) is 47.6. The number of hydrogen-bond acceptors (Lipinski definition) is 3. The molecule has 0 bridgehead atoms. The first-order chi connectivity index (χ1) is 8.44. The third-order valence-electron chi connectivity index (χ3n) is 5.52. The van der Waals surface area contributed by atoms with E-state index in [0.29, 0.717) is 17.8 Å². The molecule has 98 valence electrons. The number of carbonyl (C=O) groups is 2. The van der Waals surface area contributed by atoms with E-state index in [2.05, 4.69) is 13.5 Å². The summed E-state index contributed by atoms with van der Waals surface area (Å²) in [6.07, 6.45) is 3.56. The lowest BCUT2D eigenvalue weighted by Crippen LogP contribution is -2.51. The molecular weight excluding hydrogens is 228 g/mol. The molecule has 1 saturated heterocycles. The molecular formula is C15H20O3. The van der Waals surface area contributed by atoms with Gasteiger partial charge in [0, 0.05) is 29.7 Å². The van der Waals surface area contributed by atoms with Gasteiger partial charge >= 0.3 is 5.97 Å². The van der Waals surface area contributed by atoms with Crippen molar-refractivity contribution in [1.29, 1.82) is 0 Å². The average molecular weight is 248 g/mol. The number of rotatable bonds is 0. The Hall–Kier alpha value is -1.12. The van der Waals surface area contributed by atoms with Gasteiger partial charge in [-0.25, -0.2) is 4.79 Å². The largest absolute Gasteiger partial charge is 0.458 e. The van der Waals surface area contributed by atoms with Crippen LogP contribution in [0.3, 0.4) is 0 Å². The van der Waals surface area contributed by atoms with Gasteiger partial charge in [0.2, 0.25) is 0 Å². The van der Waals surface area contributed by atoms with Crippen LogP contribution < -0.4 is 0 Å². The first kappa shape index (κ1) is 11.9. The maximum Gasteiger partial charge on any atom is 0.334 e. The number of carbonyl (C=O) groups excluding carboxylic acids is 2. The van der Waals surface area contributed by atoms with Crippen molar-refractivity contribution in [2.24, 2.45) is 23.2 Å². The Labute approximate surface area is 108 Å². The molecule has 0 amide bonds. The van der Waals surface area contributed by atoms with E-state index in [4.69, 9.17) is 4.74 Å². The van der Waals surface area contributed by atoms with Crippen molar-refractivity contribution in [1.82, 2.24) is 0 Å². The zero-order valence-electron chi connectivity index (χ0n) is 11.1. The second-order valence-electron chi connectivity index (χ2n) is 6.48. The fourth-order valence-electron chi connectivity index (χ4n) is 4.36. The van der Waals surface area contributed by atoms with E-state index in [1.807, 2.05) is 6.92 Å². The van der Waals surface area contributed by atoms with Crippen molar-refractivity contribution < 1.29 is 14.3 Å². The Bertz CT molecular complexity index is 439. The molecule has 0 aromatic heterocycles. The van der Waals surface area contributed by atoms with Crippen molar-refractivity contribution in [3.8, 4) is 0 Å². The number of Topliss-reactive ketones (excluding diaryl/α,β-unsaturated/α-hetero) is 1. The molecule has 3 rings (SSSR count). The summed E-state index contributed by atoms with van der Waals surface area (Å²) in [5, 5.41) is 0. The minimum Gasteiger partial charge on any atom is -0.458 e. The summed E-state index contributed by atoms with van der Waals surface area (Å²) in [7, 11) is 0. The molecule has 1 aliphatic heterocycles. The van der Waals surface area contributed by atoms with Crippen LogP contribution in [0.5, 0.6) is 0 Å². The lowest BCUT2D eigenvalue weighted by atomic mass is 9.53. The van der Waals surface area contributed by atoms with E-state index in [0.717, 1.165) is 19.3 Å². The quantitative estimate of drug-likeness (QED) is 0.488. The number of ketones is 1. The van der Waals surface area contributed by atoms with Gasteiger partial charge in [0.05, 0.1) is 0 Å². The number of fused-ring (bicyclic) bond motifs is 3. The summed E-state index contributed by atoms with van der Waals surface area (Å²) in [5.74, 6) is 0.408. The molecule has 3 aliphatic rings. The smallest absolute Gasteiger partial charge is 0.334 e. The molecule has 0 spiro atoms. The molecule has 5 atom stereocenters. The Morgan fingerprint density at radius 3 is 2.78 bits per heavy atom. The molecule has 0 unspecified atom stereocenters. The van der Waals surface area contributed by atoms with Crippen molar-refractivity contribution in [2.45, 2.75) is 45.6 Å². The first-order valence-electron chi connectivity index (χ1n) is 6.86. The Morgan fingerprint density at radius 1 is 1.33 bits per heavy atom. The molecule has 2 aliphatic carbocycles. The highest BCUT2D eigenvalue weighted by Crippen LogP contribution is 2.56. The first-order valence-corrected chi connectivity index (χ1v) is 6.86. The summed E-state index contributed by atoms with van der Waals surface area (Å²) in [6, 6.07) is 0. The predicted molar refractivity (Wildman–Crippen MR) is 66.7 cm³/mol.